The van der Waals surface area contributed by atoms with E-state index >= 15 is 0 Å². The number of anilines is 2. The third-order valence-corrected chi connectivity index (χ3v) is 4.54. The molecule has 0 aliphatic rings. The summed E-state index contributed by atoms with van der Waals surface area (Å²) in [7, 11) is 0. The van der Waals surface area contributed by atoms with Crippen LogP contribution in [0.3, 0.4) is 0 Å². The Bertz CT molecular complexity index is 1260. The lowest BCUT2D eigenvalue weighted by molar-refractivity contribution is -0.393. The number of rotatable bonds is 6. The highest BCUT2D eigenvalue weighted by atomic mass is 35.5. The van der Waals surface area contributed by atoms with E-state index in [-0.39, 0.29) is 6.54 Å². The number of non-ortho nitro benzene ring substituents is 1. The minimum absolute atomic E-state index is 0.256. The van der Waals surface area contributed by atoms with Gasteiger partial charge in [0.25, 0.3) is 16.9 Å². The number of benzene rings is 2. The Morgan fingerprint density at radius 2 is 1.72 bits per heavy atom. The monoisotopic (exact) mass is 469 g/mol. The van der Waals surface area contributed by atoms with Gasteiger partial charge >= 0.3 is 6.18 Å². The van der Waals surface area contributed by atoms with Gasteiger partial charge in [-0.2, -0.15) is 13.2 Å². The van der Waals surface area contributed by atoms with Crippen LogP contribution < -0.4 is 10.9 Å². The Kier molecular flexibility index (Phi) is 6.11. The molecule has 0 atom stereocenters. The van der Waals surface area contributed by atoms with Crippen molar-refractivity contribution >= 4 is 34.6 Å². The molecule has 2 aromatic carbocycles. The number of hydrogen-bond donors (Lipinski definition) is 1. The molecule has 0 unspecified atom stereocenters. The quantitative estimate of drug-likeness (QED) is 0.414. The minimum Gasteiger partial charge on any atom is -0.320 e. The van der Waals surface area contributed by atoms with Crippen molar-refractivity contribution in [3.8, 4) is 0 Å². The first-order chi connectivity index (χ1) is 15.0. The van der Waals surface area contributed by atoms with Gasteiger partial charge in [0.05, 0.1) is 22.5 Å². The number of alkyl halides is 3. The summed E-state index contributed by atoms with van der Waals surface area (Å²) >= 11 is 5.63. The molecular weight excluding hydrogens is 459 g/mol. The summed E-state index contributed by atoms with van der Waals surface area (Å²) in [5.74, 6) is -0.687. The van der Waals surface area contributed by atoms with Gasteiger partial charge in [-0.3, -0.25) is 29.6 Å². The Labute approximate surface area is 181 Å². The summed E-state index contributed by atoms with van der Waals surface area (Å²) in [4.78, 5) is 36.5. The van der Waals surface area contributed by atoms with E-state index in [4.69, 9.17) is 11.6 Å². The summed E-state index contributed by atoms with van der Waals surface area (Å²) in [6, 6.07) is 10.6. The largest absolute Gasteiger partial charge is 0.435 e. The van der Waals surface area contributed by atoms with Crippen molar-refractivity contribution in [3.63, 3.8) is 0 Å². The fourth-order valence-corrected chi connectivity index (χ4v) is 2.99. The van der Waals surface area contributed by atoms with Crippen LogP contribution >= 0.6 is 11.6 Å². The van der Waals surface area contributed by atoms with E-state index in [1.807, 2.05) is 0 Å². The molecule has 1 heterocycles. The van der Waals surface area contributed by atoms with Gasteiger partial charge in [-0.1, -0.05) is 41.9 Å². The highest BCUT2D eigenvalue weighted by molar-refractivity contribution is 6.31. The molecule has 0 amide bonds. The predicted octanol–water partition coefficient (Wildman–Crippen LogP) is 4.52. The van der Waals surface area contributed by atoms with Gasteiger partial charge in [0.15, 0.2) is 5.69 Å². The third-order valence-electron chi connectivity index (χ3n) is 4.20. The second-order valence-electron chi connectivity index (χ2n) is 6.31. The SMILES string of the molecule is O=c1c(Cl)c(C(F)(F)F)nc(Nc2ccc([N+](=O)[O-])cc2[N+](=O)[O-])n1Cc1ccccc1. The Balaban J connectivity index is 2.20. The number of nitro groups is 2. The van der Waals surface area contributed by atoms with Gasteiger partial charge in [-0.05, 0) is 11.6 Å². The zero-order chi connectivity index (χ0) is 23.6. The van der Waals surface area contributed by atoms with E-state index < -0.39 is 55.3 Å². The second-order valence-corrected chi connectivity index (χ2v) is 6.69. The predicted molar refractivity (Wildman–Crippen MR) is 107 cm³/mol. The van der Waals surface area contributed by atoms with Gasteiger partial charge in [0, 0.05) is 6.07 Å². The fraction of sp³-hybridized carbons (Fsp3) is 0.111. The molecule has 0 aliphatic heterocycles. The lowest BCUT2D eigenvalue weighted by Crippen LogP contribution is -2.29. The number of nitro benzene ring substituents is 2. The van der Waals surface area contributed by atoms with Crippen LogP contribution in [0, 0.1) is 20.2 Å². The summed E-state index contributed by atoms with van der Waals surface area (Å²) in [6.07, 6.45) is -5.08. The average Bonchev–Trinajstić information content (AvgIpc) is 2.73. The van der Waals surface area contributed by atoms with Gasteiger partial charge in [0.1, 0.15) is 10.7 Å². The van der Waals surface area contributed by atoms with Crippen molar-refractivity contribution in [1.29, 1.82) is 0 Å². The summed E-state index contributed by atoms with van der Waals surface area (Å²) in [6.45, 7) is -0.256. The van der Waals surface area contributed by atoms with Crippen molar-refractivity contribution in [2.75, 3.05) is 5.32 Å². The van der Waals surface area contributed by atoms with Gasteiger partial charge in [-0.15, -0.1) is 0 Å². The van der Waals surface area contributed by atoms with E-state index in [1.54, 1.807) is 30.3 Å². The van der Waals surface area contributed by atoms with Gasteiger partial charge < -0.3 is 5.32 Å². The molecule has 32 heavy (non-hydrogen) atoms. The molecule has 14 heteroatoms. The van der Waals surface area contributed by atoms with E-state index in [9.17, 15) is 38.2 Å². The number of aromatic nitrogens is 2. The topological polar surface area (TPSA) is 133 Å². The molecule has 3 aromatic rings. The fourth-order valence-electron chi connectivity index (χ4n) is 2.74. The van der Waals surface area contributed by atoms with Crippen molar-refractivity contribution in [3.05, 3.63) is 95.4 Å². The number of halogens is 4. The van der Waals surface area contributed by atoms with E-state index in [0.717, 1.165) is 16.7 Å². The standard InChI is InChI=1S/C18H11ClF3N5O5/c19-14-15(18(20,21)22)24-17(25(16(14)28)9-10-4-2-1-3-5-10)23-12-7-6-11(26(29)30)8-13(12)27(31)32/h1-8H,9H2,(H,23,24). The summed E-state index contributed by atoms with van der Waals surface area (Å²) in [5.41, 5.74) is -4.23. The molecule has 0 fully saturated rings. The zero-order valence-corrected chi connectivity index (χ0v) is 16.4. The van der Waals surface area contributed by atoms with Crippen molar-refractivity contribution in [2.45, 2.75) is 12.7 Å². The van der Waals surface area contributed by atoms with Crippen LogP contribution in [0.2, 0.25) is 5.02 Å². The highest BCUT2D eigenvalue weighted by Gasteiger charge is 2.38. The lowest BCUT2D eigenvalue weighted by atomic mass is 10.2. The molecule has 1 aromatic heterocycles. The number of nitrogens with one attached hydrogen (secondary N) is 1. The first-order valence-electron chi connectivity index (χ1n) is 8.60. The Hall–Kier alpha value is -4.00. The molecule has 0 aliphatic carbocycles. The summed E-state index contributed by atoms with van der Waals surface area (Å²) < 4.78 is 40.8. The highest BCUT2D eigenvalue weighted by Crippen LogP contribution is 2.34. The average molecular weight is 470 g/mol. The molecule has 3 rings (SSSR count). The van der Waals surface area contributed by atoms with Crippen molar-refractivity contribution in [2.24, 2.45) is 0 Å². The Morgan fingerprint density at radius 1 is 1.06 bits per heavy atom. The first kappa shape index (κ1) is 22.7. The van der Waals surface area contributed by atoms with E-state index in [1.165, 1.54) is 0 Å². The lowest BCUT2D eigenvalue weighted by Gasteiger charge is -2.17. The maximum atomic E-state index is 13.3. The van der Waals surface area contributed by atoms with Gasteiger partial charge in [0.2, 0.25) is 5.95 Å². The maximum Gasteiger partial charge on any atom is 0.435 e. The van der Waals surface area contributed by atoms with Crippen LogP contribution in [-0.4, -0.2) is 19.4 Å². The molecule has 10 nitrogen and oxygen atoms in total. The smallest absolute Gasteiger partial charge is 0.320 e. The number of hydrogen-bond acceptors (Lipinski definition) is 7. The zero-order valence-electron chi connectivity index (χ0n) is 15.7. The molecular formula is C18H11ClF3N5O5. The first-order valence-corrected chi connectivity index (χ1v) is 8.98. The second kappa shape index (κ2) is 8.63. The molecule has 166 valence electrons. The normalized spacial score (nSPS) is 11.2. The Morgan fingerprint density at radius 3 is 2.28 bits per heavy atom. The third kappa shape index (κ3) is 4.67. The van der Waals surface area contributed by atoms with Crippen LogP contribution in [0.1, 0.15) is 11.3 Å². The van der Waals surface area contributed by atoms with Crippen LogP contribution in [0.15, 0.2) is 53.3 Å². The molecule has 0 spiro atoms. The van der Waals surface area contributed by atoms with E-state index in [2.05, 4.69) is 10.3 Å². The summed E-state index contributed by atoms with van der Waals surface area (Å²) in [5, 5.41) is 23.4. The number of nitrogens with zero attached hydrogens (tertiary/aromatic N) is 4. The van der Waals surface area contributed by atoms with Crippen LogP contribution in [0.5, 0.6) is 0 Å². The van der Waals surface area contributed by atoms with Crippen LogP contribution in [0.4, 0.5) is 36.2 Å². The molecule has 0 saturated heterocycles. The molecule has 1 N–H and O–H groups in total. The maximum absolute atomic E-state index is 13.3. The van der Waals surface area contributed by atoms with E-state index in [0.29, 0.717) is 11.6 Å². The van der Waals surface area contributed by atoms with Crippen molar-refractivity contribution in [1.82, 2.24) is 9.55 Å². The van der Waals surface area contributed by atoms with Gasteiger partial charge in [-0.25, -0.2) is 4.98 Å². The minimum atomic E-state index is -5.08. The molecule has 0 saturated carbocycles. The van der Waals surface area contributed by atoms with Crippen LogP contribution in [0.25, 0.3) is 0 Å². The van der Waals surface area contributed by atoms with Crippen LogP contribution in [-0.2, 0) is 12.7 Å². The van der Waals surface area contributed by atoms with Crippen molar-refractivity contribution < 1.29 is 23.0 Å². The molecule has 0 radical (unpaired) electrons. The molecule has 0 bridgehead atoms.